The first-order valence-corrected chi connectivity index (χ1v) is 7.76. The summed E-state index contributed by atoms with van der Waals surface area (Å²) in [6.45, 7) is 3.94. The number of ketones is 2. The molecular formula is C16H24O4. The molecule has 2 aliphatic rings. The van der Waals surface area contributed by atoms with Gasteiger partial charge >= 0.3 is 5.97 Å². The number of cyclic esters (lactones) is 1. The number of esters is 1. The Morgan fingerprint density at radius 2 is 1.85 bits per heavy atom. The lowest BCUT2D eigenvalue weighted by Gasteiger charge is -2.21. The second-order valence-corrected chi connectivity index (χ2v) is 6.56. The number of carbonyl (C=O) groups is 3. The van der Waals surface area contributed by atoms with Gasteiger partial charge in [0, 0.05) is 6.42 Å². The van der Waals surface area contributed by atoms with E-state index in [1.165, 1.54) is 6.42 Å². The van der Waals surface area contributed by atoms with Gasteiger partial charge in [-0.05, 0) is 18.3 Å². The van der Waals surface area contributed by atoms with Crippen LogP contribution in [0.25, 0.3) is 0 Å². The molecule has 1 heterocycles. The predicted molar refractivity (Wildman–Crippen MR) is 74.0 cm³/mol. The summed E-state index contributed by atoms with van der Waals surface area (Å²) in [5.74, 6) is -1.69. The first kappa shape index (κ1) is 15.2. The quantitative estimate of drug-likeness (QED) is 0.574. The molecule has 1 aliphatic heterocycles. The average Bonchev–Trinajstić information content (AvgIpc) is 2.64. The molecule has 20 heavy (non-hydrogen) atoms. The van der Waals surface area contributed by atoms with Crippen LogP contribution in [-0.4, -0.2) is 23.6 Å². The molecule has 0 aromatic carbocycles. The maximum absolute atomic E-state index is 12.2. The highest BCUT2D eigenvalue weighted by Gasteiger charge is 2.47. The maximum atomic E-state index is 12.2. The van der Waals surface area contributed by atoms with E-state index in [-0.39, 0.29) is 17.5 Å². The third kappa shape index (κ3) is 3.47. The summed E-state index contributed by atoms with van der Waals surface area (Å²) in [4.78, 5) is 36.2. The minimum absolute atomic E-state index is 0.224. The van der Waals surface area contributed by atoms with Crippen molar-refractivity contribution in [2.24, 2.45) is 17.8 Å². The Balaban J connectivity index is 1.95. The Bertz CT molecular complexity index is 393. The summed E-state index contributed by atoms with van der Waals surface area (Å²) in [7, 11) is 0. The summed E-state index contributed by atoms with van der Waals surface area (Å²) in [5, 5.41) is 0. The molecule has 2 unspecified atom stereocenters. The lowest BCUT2D eigenvalue weighted by molar-refractivity contribution is -0.147. The van der Waals surface area contributed by atoms with Crippen molar-refractivity contribution in [1.82, 2.24) is 0 Å². The Hall–Kier alpha value is -1.19. The number of ether oxygens (including phenoxy) is 1. The fraction of sp³-hybridized carbons (Fsp3) is 0.812. The largest absolute Gasteiger partial charge is 0.453 e. The molecule has 0 aromatic rings. The first-order chi connectivity index (χ1) is 9.49. The molecule has 0 N–H and O–H groups in total. The van der Waals surface area contributed by atoms with Crippen LogP contribution in [0.2, 0.25) is 0 Å². The fourth-order valence-electron chi connectivity index (χ4n) is 3.24. The first-order valence-electron chi connectivity index (χ1n) is 7.76. The summed E-state index contributed by atoms with van der Waals surface area (Å²) < 4.78 is 5.10. The van der Waals surface area contributed by atoms with E-state index < -0.39 is 18.0 Å². The van der Waals surface area contributed by atoms with Crippen LogP contribution < -0.4 is 0 Å². The highest BCUT2D eigenvalue weighted by atomic mass is 16.6. The zero-order chi connectivity index (χ0) is 14.7. The summed E-state index contributed by atoms with van der Waals surface area (Å²) in [6, 6.07) is 0. The molecule has 0 bridgehead atoms. The van der Waals surface area contributed by atoms with Crippen molar-refractivity contribution in [3.05, 3.63) is 0 Å². The minimum atomic E-state index is -1.14. The Morgan fingerprint density at radius 3 is 2.45 bits per heavy atom. The third-order valence-corrected chi connectivity index (χ3v) is 4.32. The molecule has 2 atom stereocenters. The van der Waals surface area contributed by atoms with E-state index in [1.54, 1.807) is 0 Å². The molecule has 2 fully saturated rings. The van der Waals surface area contributed by atoms with Crippen LogP contribution in [0.15, 0.2) is 0 Å². The zero-order valence-corrected chi connectivity index (χ0v) is 12.4. The van der Waals surface area contributed by atoms with E-state index in [2.05, 4.69) is 0 Å². The van der Waals surface area contributed by atoms with Crippen molar-refractivity contribution in [1.29, 1.82) is 0 Å². The molecule has 1 saturated carbocycles. The Kier molecular flexibility index (Phi) is 4.95. The molecule has 4 nitrogen and oxygen atoms in total. The van der Waals surface area contributed by atoms with Crippen molar-refractivity contribution in [2.75, 3.05) is 0 Å². The van der Waals surface area contributed by atoms with Crippen LogP contribution in [0.4, 0.5) is 0 Å². The Labute approximate surface area is 120 Å². The zero-order valence-electron chi connectivity index (χ0n) is 12.4. The predicted octanol–water partition coefficient (Wildman–Crippen LogP) is 2.68. The summed E-state index contributed by atoms with van der Waals surface area (Å²) in [6.07, 6.45) is 5.77. The summed E-state index contributed by atoms with van der Waals surface area (Å²) >= 11 is 0. The Morgan fingerprint density at radius 1 is 1.20 bits per heavy atom. The van der Waals surface area contributed by atoms with Gasteiger partial charge < -0.3 is 4.74 Å². The van der Waals surface area contributed by atoms with E-state index >= 15 is 0 Å². The van der Waals surface area contributed by atoms with Gasteiger partial charge in [0.25, 0.3) is 0 Å². The topological polar surface area (TPSA) is 60.4 Å². The second kappa shape index (κ2) is 6.51. The van der Waals surface area contributed by atoms with Gasteiger partial charge in [0.05, 0.1) is 0 Å². The third-order valence-electron chi connectivity index (χ3n) is 4.32. The fourth-order valence-corrected chi connectivity index (χ4v) is 3.24. The van der Waals surface area contributed by atoms with Crippen molar-refractivity contribution < 1.29 is 19.1 Å². The van der Waals surface area contributed by atoms with Crippen LogP contribution >= 0.6 is 0 Å². The van der Waals surface area contributed by atoms with Crippen LogP contribution in [0.3, 0.4) is 0 Å². The number of Topliss-reactive ketones (excluding diaryl/α,β-unsaturated/α-hetero) is 2. The highest BCUT2D eigenvalue weighted by molar-refractivity contribution is 6.21. The summed E-state index contributed by atoms with van der Waals surface area (Å²) in [5.41, 5.74) is 0. The highest BCUT2D eigenvalue weighted by Crippen LogP contribution is 2.30. The van der Waals surface area contributed by atoms with E-state index in [4.69, 9.17) is 4.74 Å². The number of carbonyl (C=O) groups excluding carboxylic acids is 3. The second-order valence-electron chi connectivity index (χ2n) is 6.56. The standard InChI is InChI=1S/C16H24O4/c1-10(2)8-13-15(18)14(16(19)20-13)12(17)9-11-6-4-3-5-7-11/h10-11,13-14H,3-9H2,1-2H3. The van der Waals surface area contributed by atoms with Crippen LogP contribution in [0, 0.1) is 17.8 Å². The van der Waals surface area contributed by atoms with E-state index in [1.807, 2.05) is 13.8 Å². The normalized spacial score (nSPS) is 27.9. The molecule has 2 rings (SSSR count). The smallest absolute Gasteiger partial charge is 0.325 e. The van der Waals surface area contributed by atoms with Gasteiger partial charge in [-0.25, -0.2) is 0 Å². The molecule has 0 radical (unpaired) electrons. The number of rotatable bonds is 5. The van der Waals surface area contributed by atoms with E-state index in [9.17, 15) is 14.4 Å². The molecular weight excluding hydrogens is 256 g/mol. The molecule has 0 amide bonds. The number of hydrogen-bond donors (Lipinski definition) is 0. The lowest BCUT2D eigenvalue weighted by atomic mass is 9.82. The molecule has 0 spiro atoms. The monoisotopic (exact) mass is 280 g/mol. The van der Waals surface area contributed by atoms with Gasteiger partial charge in [-0.15, -0.1) is 0 Å². The van der Waals surface area contributed by atoms with E-state index in [0.717, 1.165) is 25.7 Å². The molecule has 0 aromatic heterocycles. The molecule has 4 heteroatoms. The molecule has 1 saturated heterocycles. The van der Waals surface area contributed by atoms with Gasteiger partial charge in [0.15, 0.2) is 23.6 Å². The van der Waals surface area contributed by atoms with Crippen LogP contribution in [0.1, 0.15) is 58.8 Å². The number of hydrogen-bond acceptors (Lipinski definition) is 4. The average molecular weight is 280 g/mol. The SMILES string of the molecule is CC(C)CC1OC(=O)C(C(=O)CC2CCCCC2)C1=O. The van der Waals surface area contributed by atoms with Crippen molar-refractivity contribution in [3.63, 3.8) is 0 Å². The van der Waals surface area contributed by atoms with Gasteiger partial charge in [0.2, 0.25) is 0 Å². The van der Waals surface area contributed by atoms with Gasteiger partial charge in [-0.3, -0.25) is 14.4 Å². The van der Waals surface area contributed by atoms with Crippen molar-refractivity contribution in [2.45, 2.75) is 64.9 Å². The van der Waals surface area contributed by atoms with Crippen molar-refractivity contribution >= 4 is 17.5 Å². The van der Waals surface area contributed by atoms with Crippen LogP contribution in [-0.2, 0) is 19.1 Å². The van der Waals surface area contributed by atoms with Crippen LogP contribution in [0.5, 0.6) is 0 Å². The van der Waals surface area contributed by atoms with Gasteiger partial charge in [-0.2, -0.15) is 0 Å². The lowest BCUT2D eigenvalue weighted by Crippen LogP contribution is -2.30. The molecule has 112 valence electrons. The maximum Gasteiger partial charge on any atom is 0.325 e. The van der Waals surface area contributed by atoms with Crippen molar-refractivity contribution in [3.8, 4) is 0 Å². The van der Waals surface area contributed by atoms with E-state index in [0.29, 0.717) is 18.8 Å². The minimum Gasteiger partial charge on any atom is -0.453 e. The van der Waals surface area contributed by atoms with Gasteiger partial charge in [-0.1, -0.05) is 46.0 Å². The molecule has 1 aliphatic carbocycles. The van der Waals surface area contributed by atoms with Gasteiger partial charge in [0.1, 0.15) is 0 Å².